The maximum atomic E-state index is 11.1. The molecule has 126 valence electrons. The Bertz CT molecular complexity index is 444. The predicted molar refractivity (Wildman–Crippen MR) is 75.8 cm³/mol. The van der Waals surface area contributed by atoms with E-state index in [0.29, 0.717) is 25.7 Å². The van der Waals surface area contributed by atoms with Gasteiger partial charge in [0, 0.05) is 0 Å². The van der Waals surface area contributed by atoms with Crippen LogP contribution in [0, 0.1) is 23.7 Å². The lowest BCUT2D eigenvalue weighted by Gasteiger charge is -2.51. The number of hydrogen-bond donors (Lipinski definition) is 5. The van der Waals surface area contributed by atoms with Gasteiger partial charge in [0.25, 0.3) is 0 Å². The second-order valence-electron chi connectivity index (χ2n) is 7.94. The van der Waals surface area contributed by atoms with Gasteiger partial charge >= 0.3 is 0 Å². The van der Waals surface area contributed by atoms with Gasteiger partial charge in [-0.2, -0.15) is 0 Å². The molecule has 0 aromatic heterocycles. The summed E-state index contributed by atoms with van der Waals surface area (Å²) < 4.78 is 5.76. The molecule has 1 aliphatic heterocycles. The first-order valence-corrected chi connectivity index (χ1v) is 8.47. The van der Waals surface area contributed by atoms with E-state index in [1.165, 1.54) is 0 Å². The smallest absolute Gasteiger partial charge is 0.106 e. The van der Waals surface area contributed by atoms with Crippen LogP contribution < -0.4 is 0 Å². The van der Waals surface area contributed by atoms with Gasteiger partial charge < -0.3 is 30.3 Å². The Morgan fingerprint density at radius 3 is 2.36 bits per heavy atom. The number of hydrogen-bond acceptors (Lipinski definition) is 6. The highest BCUT2D eigenvalue weighted by Crippen LogP contribution is 2.58. The highest BCUT2D eigenvalue weighted by molar-refractivity contribution is 5.11. The van der Waals surface area contributed by atoms with E-state index in [4.69, 9.17) is 4.74 Å². The van der Waals surface area contributed by atoms with Crippen LogP contribution in [0.25, 0.3) is 0 Å². The highest BCUT2D eigenvalue weighted by Gasteiger charge is 2.62. The Hall–Kier alpha value is -0.240. The molecule has 22 heavy (non-hydrogen) atoms. The van der Waals surface area contributed by atoms with Crippen LogP contribution in [0.3, 0.4) is 0 Å². The Kier molecular flexibility index (Phi) is 3.57. The lowest BCUT2D eigenvalue weighted by molar-refractivity contribution is -0.234. The third kappa shape index (κ3) is 2.08. The van der Waals surface area contributed by atoms with Crippen LogP contribution in [-0.4, -0.2) is 68.3 Å². The molecule has 10 atom stereocenters. The maximum absolute atomic E-state index is 11.1. The molecule has 0 radical (unpaired) electrons. The number of fused-ring (bicyclic) bond motifs is 5. The number of aliphatic hydroxyl groups excluding tert-OH is 4. The van der Waals surface area contributed by atoms with Gasteiger partial charge in [-0.25, -0.2) is 0 Å². The van der Waals surface area contributed by atoms with Crippen LogP contribution in [0.4, 0.5) is 0 Å². The molecule has 4 rings (SSSR count). The Morgan fingerprint density at radius 1 is 0.864 bits per heavy atom. The molecule has 6 heteroatoms. The maximum Gasteiger partial charge on any atom is 0.106 e. The van der Waals surface area contributed by atoms with Crippen molar-refractivity contribution in [2.45, 2.75) is 68.2 Å². The van der Waals surface area contributed by atoms with Crippen LogP contribution in [-0.2, 0) is 4.74 Å². The third-order valence-electron chi connectivity index (χ3n) is 6.74. The normalized spacial score (nSPS) is 61.2. The van der Waals surface area contributed by atoms with Gasteiger partial charge in [0.1, 0.15) is 6.10 Å². The van der Waals surface area contributed by atoms with E-state index >= 15 is 0 Å². The van der Waals surface area contributed by atoms with Crippen molar-refractivity contribution < 1.29 is 30.3 Å². The van der Waals surface area contributed by atoms with Crippen molar-refractivity contribution in [2.24, 2.45) is 23.7 Å². The number of ether oxygens (including phenoxy) is 1. The summed E-state index contributed by atoms with van der Waals surface area (Å²) in [5.74, 6) is 0.331. The third-order valence-corrected chi connectivity index (χ3v) is 6.74. The monoisotopic (exact) mass is 314 g/mol. The summed E-state index contributed by atoms with van der Waals surface area (Å²) in [6.45, 7) is 0.168. The summed E-state index contributed by atoms with van der Waals surface area (Å²) >= 11 is 0. The molecule has 1 heterocycles. The van der Waals surface area contributed by atoms with Gasteiger partial charge in [-0.15, -0.1) is 0 Å². The molecule has 10 unspecified atom stereocenters. The van der Waals surface area contributed by atoms with Gasteiger partial charge in [0.2, 0.25) is 0 Å². The first kappa shape index (κ1) is 15.3. The Balaban J connectivity index is 1.63. The lowest BCUT2D eigenvalue weighted by atomic mass is 9.63. The molecule has 6 nitrogen and oxygen atoms in total. The molecule has 0 aromatic rings. The van der Waals surface area contributed by atoms with Gasteiger partial charge in [0.05, 0.1) is 36.6 Å². The fourth-order valence-electron chi connectivity index (χ4n) is 5.82. The molecule has 3 aliphatic carbocycles. The van der Waals surface area contributed by atoms with E-state index in [1.54, 1.807) is 0 Å². The Morgan fingerprint density at radius 2 is 1.59 bits per heavy atom. The summed E-state index contributed by atoms with van der Waals surface area (Å²) in [4.78, 5) is 0. The molecule has 0 spiro atoms. The number of aliphatic hydroxyl groups is 5. The first-order valence-electron chi connectivity index (χ1n) is 8.47. The molecule has 0 aromatic carbocycles. The van der Waals surface area contributed by atoms with Crippen LogP contribution >= 0.6 is 0 Å². The largest absolute Gasteiger partial charge is 0.390 e. The zero-order valence-corrected chi connectivity index (χ0v) is 12.6. The fourth-order valence-corrected chi connectivity index (χ4v) is 5.82. The quantitative estimate of drug-likeness (QED) is 0.393. The van der Waals surface area contributed by atoms with Crippen molar-refractivity contribution in [1.82, 2.24) is 0 Å². The first-order chi connectivity index (χ1) is 10.4. The van der Waals surface area contributed by atoms with Gasteiger partial charge in [-0.3, -0.25) is 0 Å². The van der Waals surface area contributed by atoms with Crippen molar-refractivity contribution >= 4 is 0 Å². The molecule has 0 amide bonds. The van der Waals surface area contributed by atoms with E-state index in [2.05, 4.69) is 0 Å². The topological polar surface area (TPSA) is 110 Å². The summed E-state index contributed by atoms with van der Waals surface area (Å²) in [6, 6.07) is 0. The van der Waals surface area contributed by atoms with Gasteiger partial charge in [0.15, 0.2) is 0 Å². The predicted octanol–water partition coefficient (Wildman–Crippen LogP) is -0.984. The van der Waals surface area contributed by atoms with Gasteiger partial charge in [-0.1, -0.05) is 0 Å². The minimum atomic E-state index is -0.928. The van der Waals surface area contributed by atoms with Crippen LogP contribution in [0.15, 0.2) is 0 Å². The standard InChI is InChI=1S/C16H26O6/c17-10-2-1-8-13-9-4-12(19)11(18)3-7(9)5-16(13,21)6-22-15(8)14(10)20/h7-15,17-21H,1-6H2. The van der Waals surface area contributed by atoms with Crippen molar-refractivity contribution in [3.63, 3.8) is 0 Å². The average Bonchev–Trinajstić information content (AvgIpc) is 2.75. The summed E-state index contributed by atoms with van der Waals surface area (Å²) in [7, 11) is 0. The molecule has 4 aliphatic rings. The van der Waals surface area contributed by atoms with Crippen LogP contribution in [0.2, 0.25) is 0 Å². The lowest BCUT2D eigenvalue weighted by Crippen LogP contribution is -2.60. The van der Waals surface area contributed by atoms with Crippen molar-refractivity contribution in [3.05, 3.63) is 0 Å². The second-order valence-corrected chi connectivity index (χ2v) is 7.94. The zero-order chi connectivity index (χ0) is 15.6. The molecular weight excluding hydrogens is 288 g/mol. The van der Waals surface area contributed by atoms with Crippen LogP contribution in [0.5, 0.6) is 0 Å². The van der Waals surface area contributed by atoms with Crippen molar-refractivity contribution in [1.29, 1.82) is 0 Å². The van der Waals surface area contributed by atoms with E-state index in [1.807, 2.05) is 0 Å². The van der Waals surface area contributed by atoms with E-state index in [9.17, 15) is 25.5 Å². The summed E-state index contributed by atoms with van der Waals surface area (Å²) in [5.41, 5.74) is -0.928. The highest BCUT2D eigenvalue weighted by atomic mass is 16.5. The zero-order valence-electron chi connectivity index (χ0n) is 12.6. The van der Waals surface area contributed by atoms with E-state index < -0.39 is 36.1 Å². The number of rotatable bonds is 0. The minimum Gasteiger partial charge on any atom is -0.390 e. The fraction of sp³-hybridized carbons (Fsp3) is 1.00. The van der Waals surface area contributed by atoms with Crippen LogP contribution in [0.1, 0.15) is 32.1 Å². The molecule has 3 saturated carbocycles. The molecule has 5 N–H and O–H groups in total. The minimum absolute atomic E-state index is 0.00888. The molecule has 1 saturated heterocycles. The van der Waals surface area contributed by atoms with E-state index in [-0.39, 0.29) is 30.3 Å². The molecule has 0 bridgehead atoms. The molecule has 4 fully saturated rings. The summed E-state index contributed by atoms with van der Waals surface area (Å²) in [6.07, 6.45) is -0.688. The SMILES string of the molecule is OC1CC2CC3(O)COC4C(O)C(O)CCC4C3C2CC1O. The van der Waals surface area contributed by atoms with Gasteiger partial charge in [-0.05, 0) is 55.8 Å². The van der Waals surface area contributed by atoms with Crippen molar-refractivity contribution in [3.8, 4) is 0 Å². The summed E-state index contributed by atoms with van der Waals surface area (Å²) in [5, 5.41) is 51.1. The second kappa shape index (κ2) is 5.13. The average molecular weight is 314 g/mol. The molecular formula is C16H26O6. The van der Waals surface area contributed by atoms with E-state index in [0.717, 1.165) is 6.42 Å². The Labute approximate surface area is 129 Å². The van der Waals surface area contributed by atoms with Crippen molar-refractivity contribution in [2.75, 3.05) is 6.61 Å².